The molecular formula is C22H22N2O2. The molecule has 0 saturated heterocycles. The molecule has 1 aromatic heterocycles. The van der Waals surface area contributed by atoms with Crippen molar-refractivity contribution in [1.29, 1.82) is 0 Å². The predicted octanol–water partition coefficient (Wildman–Crippen LogP) is 4.78. The second-order valence-corrected chi connectivity index (χ2v) is 6.00. The van der Waals surface area contributed by atoms with E-state index in [2.05, 4.69) is 5.10 Å². The van der Waals surface area contributed by atoms with Gasteiger partial charge in [0, 0.05) is 0 Å². The minimum Gasteiger partial charge on any atom is -0.494 e. The van der Waals surface area contributed by atoms with Crippen LogP contribution in [0, 0.1) is 13.8 Å². The zero-order chi connectivity index (χ0) is 18.5. The van der Waals surface area contributed by atoms with Crippen LogP contribution in [0.25, 0.3) is 11.8 Å². The summed E-state index contributed by atoms with van der Waals surface area (Å²) in [6, 6.07) is 17.5. The normalized spacial score (nSPS) is 11.0. The van der Waals surface area contributed by atoms with Gasteiger partial charge in [-0.2, -0.15) is 5.10 Å². The van der Waals surface area contributed by atoms with E-state index >= 15 is 0 Å². The number of nitrogens with zero attached hydrogens (tertiary/aromatic N) is 2. The summed E-state index contributed by atoms with van der Waals surface area (Å²) in [7, 11) is 0. The van der Waals surface area contributed by atoms with Crippen LogP contribution in [0.1, 0.15) is 34.2 Å². The maximum absolute atomic E-state index is 12.7. The molecule has 0 aliphatic carbocycles. The molecule has 0 aliphatic rings. The summed E-state index contributed by atoms with van der Waals surface area (Å²) in [4.78, 5) is 12.7. The summed E-state index contributed by atoms with van der Waals surface area (Å²) >= 11 is 0. The maximum Gasteiger partial charge on any atom is 0.189 e. The molecule has 132 valence electrons. The molecule has 2 aromatic carbocycles. The number of benzene rings is 2. The number of ketones is 1. The number of rotatable bonds is 6. The number of aryl methyl sites for hydroxylation is 1. The molecule has 0 atom stereocenters. The van der Waals surface area contributed by atoms with E-state index < -0.39 is 0 Å². The number of carbonyl (C=O) groups excluding carboxylic acids is 1. The quantitative estimate of drug-likeness (QED) is 0.476. The average molecular weight is 346 g/mol. The molecule has 1 heterocycles. The minimum absolute atomic E-state index is 0.0519. The van der Waals surface area contributed by atoms with Crippen molar-refractivity contribution < 1.29 is 9.53 Å². The lowest BCUT2D eigenvalue weighted by molar-refractivity contribution is 0.104. The Balaban J connectivity index is 1.87. The molecular weight excluding hydrogens is 324 g/mol. The largest absolute Gasteiger partial charge is 0.494 e. The van der Waals surface area contributed by atoms with E-state index in [1.165, 1.54) is 0 Å². The number of para-hydroxylation sites is 1. The average Bonchev–Trinajstić information content (AvgIpc) is 2.95. The van der Waals surface area contributed by atoms with Crippen LogP contribution in [0.4, 0.5) is 0 Å². The SMILES string of the molecule is CCOc1cccc(/C=C/C(=O)c2c(C)nn(-c3ccccc3)c2C)c1. The summed E-state index contributed by atoms with van der Waals surface area (Å²) in [6.45, 7) is 6.35. The third-order valence-corrected chi connectivity index (χ3v) is 4.13. The van der Waals surface area contributed by atoms with Crippen molar-refractivity contribution in [3.05, 3.63) is 83.2 Å². The number of hydrogen-bond donors (Lipinski definition) is 0. The Morgan fingerprint density at radius 2 is 1.88 bits per heavy atom. The summed E-state index contributed by atoms with van der Waals surface area (Å²) < 4.78 is 7.31. The van der Waals surface area contributed by atoms with Crippen LogP contribution < -0.4 is 4.74 Å². The van der Waals surface area contributed by atoms with E-state index in [4.69, 9.17) is 4.74 Å². The zero-order valence-corrected chi connectivity index (χ0v) is 15.3. The fraction of sp³-hybridized carbons (Fsp3) is 0.182. The minimum atomic E-state index is -0.0519. The van der Waals surface area contributed by atoms with Crippen LogP contribution in [-0.2, 0) is 0 Å². The molecule has 3 aromatic rings. The highest BCUT2D eigenvalue weighted by Crippen LogP contribution is 2.20. The van der Waals surface area contributed by atoms with Crippen LogP contribution in [-0.4, -0.2) is 22.2 Å². The van der Waals surface area contributed by atoms with Gasteiger partial charge in [0.2, 0.25) is 0 Å². The molecule has 26 heavy (non-hydrogen) atoms. The second kappa shape index (κ2) is 7.83. The van der Waals surface area contributed by atoms with Crippen LogP contribution in [0.2, 0.25) is 0 Å². The highest BCUT2D eigenvalue weighted by molar-refractivity contribution is 6.08. The van der Waals surface area contributed by atoms with E-state index in [0.29, 0.717) is 12.2 Å². The molecule has 0 unspecified atom stereocenters. The lowest BCUT2D eigenvalue weighted by atomic mass is 10.1. The Labute approximate surface area is 153 Å². The number of carbonyl (C=O) groups is 1. The number of hydrogen-bond acceptors (Lipinski definition) is 3. The molecule has 0 fully saturated rings. The van der Waals surface area contributed by atoms with Crippen molar-refractivity contribution in [2.45, 2.75) is 20.8 Å². The predicted molar refractivity (Wildman–Crippen MR) is 104 cm³/mol. The van der Waals surface area contributed by atoms with Crippen LogP contribution in [0.3, 0.4) is 0 Å². The molecule has 0 spiro atoms. The lowest BCUT2D eigenvalue weighted by Gasteiger charge is -2.04. The third kappa shape index (κ3) is 3.75. The third-order valence-electron chi connectivity index (χ3n) is 4.13. The molecule has 0 bridgehead atoms. The standard InChI is InChI=1S/C22H22N2O2/c1-4-26-20-12-8-9-18(15-20)13-14-21(25)22-16(2)23-24(17(22)3)19-10-6-5-7-11-19/h5-15H,4H2,1-3H3/b14-13+. The first kappa shape index (κ1) is 17.7. The number of allylic oxidation sites excluding steroid dienone is 1. The maximum atomic E-state index is 12.7. The zero-order valence-electron chi connectivity index (χ0n) is 15.3. The van der Waals surface area contributed by atoms with E-state index in [1.54, 1.807) is 6.08 Å². The van der Waals surface area contributed by atoms with Gasteiger partial charge in [-0.15, -0.1) is 0 Å². The van der Waals surface area contributed by atoms with E-state index in [-0.39, 0.29) is 5.78 Å². The highest BCUT2D eigenvalue weighted by Gasteiger charge is 2.17. The van der Waals surface area contributed by atoms with Crippen LogP contribution in [0.15, 0.2) is 60.7 Å². The van der Waals surface area contributed by atoms with Crippen molar-refractivity contribution in [2.24, 2.45) is 0 Å². The van der Waals surface area contributed by atoms with Gasteiger partial charge in [-0.05, 0) is 56.7 Å². The molecule has 4 nitrogen and oxygen atoms in total. The molecule has 4 heteroatoms. The van der Waals surface area contributed by atoms with Gasteiger partial charge >= 0.3 is 0 Å². The molecule has 0 radical (unpaired) electrons. The Hall–Kier alpha value is -3.14. The summed E-state index contributed by atoms with van der Waals surface area (Å²) in [6.07, 6.45) is 3.40. The summed E-state index contributed by atoms with van der Waals surface area (Å²) in [5, 5.41) is 4.54. The Morgan fingerprint density at radius 1 is 1.12 bits per heavy atom. The van der Waals surface area contributed by atoms with Gasteiger partial charge in [-0.1, -0.05) is 36.4 Å². The monoisotopic (exact) mass is 346 g/mol. The van der Waals surface area contributed by atoms with E-state index in [0.717, 1.165) is 28.4 Å². The van der Waals surface area contributed by atoms with Crippen molar-refractivity contribution >= 4 is 11.9 Å². The smallest absolute Gasteiger partial charge is 0.189 e. The number of ether oxygens (including phenoxy) is 1. The van der Waals surface area contributed by atoms with Gasteiger partial charge in [-0.25, -0.2) is 4.68 Å². The van der Waals surface area contributed by atoms with Gasteiger partial charge in [-0.3, -0.25) is 4.79 Å². The van der Waals surface area contributed by atoms with Gasteiger partial charge in [0.25, 0.3) is 0 Å². The lowest BCUT2D eigenvalue weighted by Crippen LogP contribution is -2.01. The van der Waals surface area contributed by atoms with Gasteiger partial charge in [0.1, 0.15) is 5.75 Å². The van der Waals surface area contributed by atoms with Crippen LogP contribution in [0.5, 0.6) is 5.75 Å². The molecule has 0 N–H and O–H groups in total. The first-order chi connectivity index (χ1) is 12.6. The first-order valence-electron chi connectivity index (χ1n) is 8.67. The molecule has 3 rings (SSSR count). The fourth-order valence-electron chi connectivity index (χ4n) is 2.95. The summed E-state index contributed by atoms with van der Waals surface area (Å²) in [5.41, 5.74) is 4.08. The molecule has 0 amide bonds. The van der Waals surface area contributed by atoms with Crippen LogP contribution >= 0.6 is 0 Å². The van der Waals surface area contributed by atoms with Crippen molar-refractivity contribution in [3.8, 4) is 11.4 Å². The van der Waals surface area contributed by atoms with Crippen molar-refractivity contribution in [1.82, 2.24) is 9.78 Å². The fourth-order valence-corrected chi connectivity index (χ4v) is 2.95. The molecule has 0 saturated carbocycles. The first-order valence-corrected chi connectivity index (χ1v) is 8.67. The summed E-state index contributed by atoms with van der Waals surface area (Å²) in [5.74, 6) is 0.746. The van der Waals surface area contributed by atoms with Crippen molar-refractivity contribution in [3.63, 3.8) is 0 Å². The van der Waals surface area contributed by atoms with Crippen molar-refractivity contribution in [2.75, 3.05) is 6.61 Å². The van der Waals surface area contributed by atoms with Gasteiger partial charge < -0.3 is 4.74 Å². The van der Waals surface area contributed by atoms with E-state index in [1.807, 2.05) is 86.1 Å². The highest BCUT2D eigenvalue weighted by atomic mass is 16.5. The Bertz CT molecular complexity index is 940. The second-order valence-electron chi connectivity index (χ2n) is 6.00. The number of aromatic nitrogens is 2. The van der Waals surface area contributed by atoms with Gasteiger partial charge in [0.15, 0.2) is 5.78 Å². The van der Waals surface area contributed by atoms with Gasteiger partial charge in [0.05, 0.1) is 29.2 Å². The Morgan fingerprint density at radius 3 is 2.62 bits per heavy atom. The molecule has 0 aliphatic heterocycles. The Kier molecular flexibility index (Phi) is 5.32. The topological polar surface area (TPSA) is 44.1 Å². The van der Waals surface area contributed by atoms with E-state index in [9.17, 15) is 4.79 Å².